The first-order chi connectivity index (χ1) is 9.56. The smallest absolute Gasteiger partial charge is 0.105 e. The van der Waals surface area contributed by atoms with Crippen molar-refractivity contribution in [1.29, 1.82) is 0 Å². The van der Waals surface area contributed by atoms with Crippen LogP contribution in [0.15, 0.2) is 41.0 Å². The van der Waals surface area contributed by atoms with Crippen molar-refractivity contribution in [2.75, 3.05) is 13.6 Å². The molecule has 0 spiro atoms. The summed E-state index contributed by atoms with van der Waals surface area (Å²) in [6.45, 7) is 3.81. The van der Waals surface area contributed by atoms with Gasteiger partial charge < -0.3 is 15.1 Å². The van der Waals surface area contributed by atoms with Crippen LogP contribution in [-0.2, 0) is 6.54 Å². The van der Waals surface area contributed by atoms with Crippen LogP contribution in [0.25, 0.3) is 0 Å². The second kappa shape index (κ2) is 6.93. The monoisotopic (exact) mass is 292 g/mol. The minimum atomic E-state index is 0.0418. The second-order valence-electron chi connectivity index (χ2n) is 5.19. The molecule has 0 aliphatic rings. The average molecular weight is 293 g/mol. The van der Waals surface area contributed by atoms with Gasteiger partial charge in [0.15, 0.2) is 0 Å². The summed E-state index contributed by atoms with van der Waals surface area (Å²) < 4.78 is 5.31. The lowest BCUT2D eigenvalue weighted by Crippen LogP contribution is -2.23. The molecule has 0 bridgehead atoms. The van der Waals surface area contributed by atoms with Gasteiger partial charge in [0.2, 0.25) is 0 Å². The lowest BCUT2D eigenvalue weighted by molar-refractivity contribution is 0.309. The molecule has 20 heavy (non-hydrogen) atoms. The third-order valence-electron chi connectivity index (χ3n) is 3.53. The third-order valence-corrected chi connectivity index (χ3v) is 3.78. The number of nitrogens with zero attached hydrogens (tertiary/aromatic N) is 1. The van der Waals surface area contributed by atoms with E-state index in [0.29, 0.717) is 0 Å². The molecule has 1 aromatic carbocycles. The molecular formula is C16H21ClN2O. The van der Waals surface area contributed by atoms with Gasteiger partial charge in [-0.05, 0) is 50.7 Å². The number of halogens is 1. The van der Waals surface area contributed by atoms with Crippen molar-refractivity contribution in [2.45, 2.75) is 25.9 Å². The summed E-state index contributed by atoms with van der Waals surface area (Å²) in [5.41, 5.74) is 8.56. The van der Waals surface area contributed by atoms with E-state index in [4.69, 9.17) is 21.8 Å². The molecule has 0 amide bonds. The van der Waals surface area contributed by atoms with Crippen molar-refractivity contribution in [1.82, 2.24) is 4.90 Å². The van der Waals surface area contributed by atoms with E-state index in [0.717, 1.165) is 35.9 Å². The molecule has 1 atom stereocenters. The summed E-state index contributed by atoms with van der Waals surface area (Å²) >= 11 is 5.88. The largest absolute Gasteiger partial charge is 0.469 e. The first-order valence-electron chi connectivity index (χ1n) is 6.79. The molecule has 2 N–H and O–H groups in total. The Kier molecular flexibility index (Phi) is 5.24. The van der Waals surface area contributed by atoms with Crippen LogP contribution in [0.1, 0.15) is 29.3 Å². The molecule has 0 saturated heterocycles. The van der Waals surface area contributed by atoms with Gasteiger partial charge in [0, 0.05) is 23.2 Å². The van der Waals surface area contributed by atoms with E-state index in [-0.39, 0.29) is 6.04 Å². The van der Waals surface area contributed by atoms with Crippen LogP contribution in [-0.4, -0.2) is 18.5 Å². The Labute approximate surface area is 125 Å². The number of nitrogens with two attached hydrogens (primary N) is 1. The van der Waals surface area contributed by atoms with Gasteiger partial charge in [-0.3, -0.25) is 0 Å². The summed E-state index contributed by atoms with van der Waals surface area (Å²) in [7, 11) is 2.10. The lowest BCUT2D eigenvalue weighted by atomic mass is 10.0. The van der Waals surface area contributed by atoms with Crippen molar-refractivity contribution in [3.8, 4) is 0 Å². The van der Waals surface area contributed by atoms with Crippen LogP contribution in [0.2, 0.25) is 5.02 Å². The van der Waals surface area contributed by atoms with Gasteiger partial charge >= 0.3 is 0 Å². The summed E-state index contributed by atoms with van der Waals surface area (Å²) in [4.78, 5) is 2.26. The Morgan fingerprint density at radius 1 is 1.25 bits per heavy atom. The highest BCUT2D eigenvalue weighted by Gasteiger charge is 2.09. The number of aryl methyl sites for hydroxylation is 1. The van der Waals surface area contributed by atoms with Gasteiger partial charge in [0.05, 0.1) is 6.26 Å². The normalized spacial score (nSPS) is 12.8. The predicted octanol–water partition coefficient (Wildman–Crippen LogP) is 3.76. The highest BCUT2D eigenvalue weighted by Crippen LogP contribution is 2.18. The highest BCUT2D eigenvalue weighted by atomic mass is 35.5. The van der Waals surface area contributed by atoms with Crippen LogP contribution in [0.5, 0.6) is 0 Å². The summed E-state index contributed by atoms with van der Waals surface area (Å²) in [6.07, 6.45) is 2.65. The number of hydrogen-bond acceptors (Lipinski definition) is 3. The maximum atomic E-state index is 6.21. The molecule has 108 valence electrons. The maximum absolute atomic E-state index is 6.21. The zero-order valence-electron chi connectivity index (χ0n) is 12.0. The van der Waals surface area contributed by atoms with E-state index in [1.807, 2.05) is 37.3 Å². The van der Waals surface area contributed by atoms with E-state index < -0.39 is 0 Å². The summed E-state index contributed by atoms with van der Waals surface area (Å²) in [6, 6.07) is 9.82. The average Bonchev–Trinajstić information content (AvgIpc) is 2.82. The first-order valence-corrected chi connectivity index (χ1v) is 7.16. The molecule has 0 radical (unpaired) electrons. The van der Waals surface area contributed by atoms with E-state index in [1.54, 1.807) is 6.26 Å². The van der Waals surface area contributed by atoms with Crippen molar-refractivity contribution >= 4 is 11.6 Å². The first kappa shape index (κ1) is 15.1. The third kappa shape index (κ3) is 4.10. The molecule has 3 nitrogen and oxygen atoms in total. The van der Waals surface area contributed by atoms with Crippen molar-refractivity contribution in [2.24, 2.45) is 5.73 Å². The predicted molar refractivity (Wildman–Crippen MR) is 82.8 cm³/mol. The fourth-order valence-electron chi connectivity index (χ4n) is 2.18. The summed E-state index contributed by atoms with van der Waals surface area (Å²) in [5, 5.41) is 0.744. The molecule has 1 heterocycles. The second-order valence-corrected chi connectivity index (χ2v) is 5.62. The van der Waals surface area contributed by atoms with E-state index in [9.17, 15) is 0 Å². The minimum Gasteiger partial charge on any atom is -0.469 e. The zero-order valence-corrected chi connectivity index (χ0v) is 12.7. The topological polar surface area (TPSA) is 42.4 Å². The van der Waals surface area contributed by atoms with Crippen molar-refractivity contribution < 1.29 is 4.42 Å². The van der Waals surface area contributed by atoms with E-state index in [2.05, 4.69) is 11.9 Å². The van der Waals surface area contributed by atoms with Gasteiger partial charge in [0.25, 0.3) is 0 Å². The van der Waals surface area contributed by atoms with Gasteiger partial charge in [0.1, 0.15) is 5.76 Å². The molecule has 0 aliphatic carbocycles. The number of hydrogen-bond donors (Lipinski definition) is 1. The van der Waals surface area contributed by atoms with Crippen LogP contribution in [0, 0.1) is 6.92 Å². The van der Waals surface area contributed by atoms with Crippen LogP contribution < -0.4 is 5.73 Å². The molecular weight excluding hydrogens is 272 g/mol. The van der Waals surface area contributed by atoms with Crippen LogP contribution in [0.4, 0.5) is 0 Å². The Hall–Kier alpha value is -1.29. The number of rotatable bonds is 6. The Balaban J connectivity index is 1.82. The minimum absolute atomic E-state index is 0.0418. The lowest BCUT2D eigenvalue weighted by Gasteiger charge is -2.19. The van der Waals surface area contributed by atoms with Gasteiger partial charge in [-0.25, -0.2) is 0 Å². The molecule has 4 heteroatoms. The van der Waals surface area contributed by atoms with Gasteiger partial charge in [-0.1, -0.05) is 23.7 Å². The van der Waals surface area contributed by atoms with E-state index in [1.165, 1.54) is 5.56 Å². The molecule has 1 aromatic heterocycles. The van der Waals surface area contributed by atoms with E-state index >= 15 is 0 Å². The molecule has 2 aromatic rings. The van der Waals surface area contributed by atoms with Crippen molar-refractivity contribution in [3.63, 3.8) is 0 Å². The fraction of sp³-hybridized carbons (Fsp3) is 0.375. The van der Waals surface area contributed by atoms with Gasteiger partial charge in [-0.15, -0.1) is 0 Å². The maximum Gasteiger partial charge on any atom is 0.105 e. The zero-order chi connectivity index (χ0) is 14.5. The quantitative estimate of drug-likeness (QED) is 0.881. The van der Waals surface area contributed by atoms with Crippen molar-refractivity contribution in [3.05, 3.63) is 58.5 Å². The molecule has 0 aliphatic heterocycles. The standard InChI is InChI=1S/C16H21ClN2O/c1-12-14(8-10-20-12)11-19(2)9-7-16(18)13-3-5-15(17)6-4-13/h3-6,8,10,16H,7,9,11,18H2,1-2H3. The molecule has 1 unspecified atom stereocenters. The molecule has 0 fully saturated rings. The molecule has 2 rings (SSSR count). The van der Waals surface area contributed by atoms with Gasteiger partial charge in [-0.2, -0.15) is 0 Å². The fourth-order valence-corrected chi connectivity index (χ4v) is 2.31. The molecule has 0 saturated carbocycles. The highest BCUT2D eigenvalue weighted by molar-refractivity contribution is 6.30. The number of furan rings is 1. The Bertz CT molecular complexity index is 536. The Morgan fingerprint density at radius 2 is 1.95 bits per heavy atom. The van der Waals surface area contributed by atoms with Crippen LogP contribution >= 0.6 is 11.6 Å². The Morgan fingerprint density at radius 3 is 2.55 bits per heavy atom. The SMILES string of the molecule is Cc1occc1CN(C)CCC(N)c1ccc(Cl)cc1. The summed E-state index contributed by atoms with van der Waals surface area (Å²) in [5.74, 6) is 0.985. The number of benzene rings is 1. The van der Waals surface area contributed by atoms with Crippen LogP contribution in [0.3, 0.4) is 0 Å².